The lowest BCUT2D eigenvalue weighted by Crippen LogP contribution is -2.65. The summed E-state index contributed by atoms with van der Waals surface area (Å²) in [6, 6.07) is -0.906. The van der Waals surface area contributed by atoms with Crippen molar-refractivity contribution in [2.75, 3.05) is 6.61 Å². The number of rotatable bonds is 3. The first kappa shape index (κ1) is 13.1. The maximum atomic E-state index is 10.4. The van der Waals surface area contributed by atoms with E-state index in [1.165, 1.54) is 0 Å². The van der Waals surface area contributed by atoms with Crippen LogP contribution in [0.1, 0.15) is 0 Å². The summed E-state index contributed by atoms with van der Waals surface area (Å²) in [6.07, 6.45) is -6.62. The zero-order valence-electron chi connectivity index (χ0n) is 8.28. The number of carbonyl (C=O) groups is 1. The van der Waals surface area contributed by atoms with Crippen LogP contribution in [0.5, 0.6) is 0 Å². The number of nitrogens with two attached hydrogens (primary N) is 1. The van der Waals surface area contributed by atoms with Crippen molar-refractivity contribution in [3.63, 3.8) is 0 Å². The molecule has 0 aromatic carbocycles. The zero-order chi connectivity index (χ0) is 12.3. The smallest absolute Gasteiger partial charge is 0.326 e. The van der Waals surface area contributed by atoms with E-state index in [9.17, 15) is 20.1 Å². The zero-order valence-corrected chi connectivity index (χ0v) is 8.28. The lowest BCUT2D eigenvalue weighted by atomic mass is 9.99. The third-order valence-electron chi connectivity index (χ3n) is 2.23. The van der Waals surface area contributed by atoms with Gasteiger partial charge in [0.25, 0.3) is 0 Å². The van der Waals surface area contributed by atoms with Crippen molar-refractivity contribution in [1.82, 2.24) is 10.9 Å². The molecule has 1 saturated heterocycles. The Kier molecular flexibility index (Phi) is 4.41. The van der Waals surface area contributed by atoms with Crippen LogP contribution in [0.25, 0.3) is 0 Å². The first-order chi connectivity index (χ1) is 7.47. The Morgan fingerprint density at radius 1 is 1.25 bits per heavy atom. The quantitative estimate of drug-likeness (QED) is 0.246. The minimum absolute atomic E-state index is 0.542. The van der Waals surface area contributed by atoms with Crippen molar-refractivity contribution in [3.8, 4) is 0 Å². The highest BCUT2D eigenvalue weighted by Crippen LogP contribution is 2.19. The Balaban J connectivity index is 2.60. The third kappa shape index (κ3) is 2.78. The molecule has 0 bridgehead atoms. The average molecular weight is 237 g/mol. The van der Waals surface area contributed by atoms with Crippen LogP contribution in [0.3, 0.4) is 0 Å². The van der Waals surface area contributed by atoms with Crippen molar-refractivity contribution in [2.24, 2.45) is 5.73 Å². The fourth-order valence-electron chi connectivity index (χ4n) is 1.36. The Labute approximate surface area is 90.8 Å². The second-order valence-corrected chi connectivity index (χ2v) is 3.38. The van der Waals surface area contributed by atoms with Crippen LogP contribution in [0.2, 0.25) is 0 Å². The van der Waals surface area contributed by atoms with Crippen molar-refractivity contribution in [3.05, 3.63) is 0 Å². The highest BCUT2D eigenvalue weighted by atomic mass is 16.6. The minimum atomic E-state index is -1.50. The average Bonchev–Trinajstić information content (AvgIpc) is 2.25. The summed E-state index contributed by atoms with van der Waals surface area (Å²) in [4.78, 5) is 10.4. The predicted molar refractivity (Wildman–Crippen MR) is 49.6 cm³/mol. The normalized spacial score (nSPS) is 39.4. The number of aliphatic hydroxyl groups is 4. The number of urea groups is 1. The molecule has 94 valence electrons. The van der Waals surface area contributed by atoms with Gasteiger partial charge in [0.2, 0.25) is 0 Å². The molecule has 1 rings (SSSR count). The number of ether oxygens (including phenoxy) is 1. The van der Waals surface area contributed by atoms with Gasteiger partial charge in [-0.25, -0.2) is 10.2 Å². The Morgan fingerprint density at radius 3 is 2.38 bits per heavy atom. The van der Waals surface area contributed by atoms with Gasteiger partial charge in [-0.3, -0.25) is 5.43 Å². The Hall–Kier alpha value is -0.970. The van der Waals surface area contributed by atoms with E-state index in [-0.39, 0.29) is 0 Å². The van der Waals surface area contributed by atoms with E-state index in [0.29, 0.717) is 0 Å². The molecule has 0 aromatic heterocycles. The molecule has 5 atom stereocenters. The number of carbonyl (C=O) groups excluding carboxylic acids is 1. The molecule has 2 amide bonds. The van der Waals surface area contributed by atoms with E-state index in [1.54, 1.807) is 0 Å². The van der Waals surface area contributed by atoms with Crippen LogP contribution in [-0.4, -0.2) is 63.7 Å². The van der Waals surface area contributed by atoms with Gasteiger partial charge >= 0.3 is 6.03 Å². The Bertz CT molecular complexity index is 250. The van der Waals surface area contributed by atoms with E-state index in [4.69, 9.17) is 15.6 Å². The summed E-state index contributed by atoms with van der Waals surface area (Å²) in [5.74, 6) is 0. The second-order valence-electron chi connectivity index (χ2n) is 3.38. The van der Waals surface area contributed by atoms with Crippen LogP contribution < -0.4 is 16.6 Å². The molecule has 8 N–H and O–H groups in total. The first-order valence-electron chi connectivity index (χ1n) is 4.59. The number of hydrogen-bond donors (Lipinski definition) is 7. The van der Waals surface area contributed by atoms with Crippen molar-refractivity contribution < 1.29 is 30.0 Å². The molecule has 1 aliphatic rings. The van der Waals surface area contributed by atoms with Gasteiger partial charge in [0, 0.05) is 0 Å². The Morgan fingerprint density at radius 2 is 1.88 bits per heavy atom. The van der Waals surface area contributed by atoms with Crippen molar-refractivity contribution in [1.29, 1.82) is 0 Å². The summed E-state index contributed by atoms with van der Waals surface area (Å²) in [6.45, 7) is -0.542. The molecular formula is C7H15N3O6. The fourth-order valence-corrected chi connectivity index (χ4v) is 1.36. The van der Waals surface area contributed by atoms with Crippen molar-refractivity contribution >= 4 is 6.03 Å². The lowest BCUT2D eigenvalue weighted by Gasteiger charge is -2.39. The number of amides is 2. The number of primary amides is 1. The monoisotopic (exact) mass is 237 g/mol. The predicted octanol–water partition coefficient (Wildman–Crippen LogP) is -4.04. The van der Waals surface area contributed by atoms with E-state index in [0.717, 1.165) is 0 Å². The molecule has 0 unspecified atom stereocenters. The minimum Gasteiger partial charge on any atom is -0.394 e. The maximum Gasteiger partial charge on any atom is 0.326 e. The standard InChI is InChI=1S/C7H15N3O6/c8-7(15)10-9-6-5(14)4(13)3(12)2(1-11)16-6/h2-6,9,11-14H,1H2,(H3,8,10,15)/t2-,3+,4+,5-,6-/m1/s1. The van der Waals surface area contributed by atoms with Crippen LogP contribution in [0.15, 0.2) is 0 Å². The molecule has 1 fully saturated rings. The van der Waals surface area contributed by atoms with Gasteiger partial charge < -0.3 is 30.9 Å². The number of aliphatic hydroxyl groups excluding tert-OH is 4. The fraction of sp³-hybridized carbons (Fsp3) is 0.857. The van der Waals surface area contributed by atoms with E-state index >= 15 is 0 Å². The second kappa shape index (κ2) is 5.39. The topological polar surface area (TPSA) is 157 Å². The summed E-state index contributed by atoms with van der Waals surface area (Å²) >= 11 is 0. The summed E-state index contributed by atoms with van der Waals surface area (Å²) in [7, 11) is 0. The molecule has 0 aliphatic carbocycles. The van der Waals surface area contributed by atoms with E-state index < -0.39 is 43.3 Å². The van der Waals surface area contributed by atoms with Crippen LogP contribution in [0.4, 0.5) is 4.79 Å². The molecule has 9 nitrogen and oxygen atoms in total. The van der Waals surface area contributed by atoms with E-state index in [2.05, 4.69) is 5.43 Å². The van der Waals surface area contributed by atoms with Gasteiger partial charge in [0.05, 0.1) is 6.61 Å². The lowest BCUT2D eigenvalue weighted by molar-refractivity contribution is -0.238. The molecule has 0 spiro atoms. The summed E-state index contributed by atoms with van der Waals surface area (Å²) < 4.78 is 4.99. The molecule has 1 aliphatic heterocycles. The molecule has 0 aromatic rings. The van der Waals surface area contributed by atoms with Crippen LogP contribution in [-0.2, 0) is 4.74 Å². The highest BCUT2D eigenvalue weighted by Gasteiger charge is 2.43. The summed E-state index contributed by atoms with van der Waals surface area (Å²) in [5, 5.41) is 37.1. The molecule has 0 radical (unpaired) electrons. The molecule has 9 heteroatoms. The largest absolute Gasteiger partial charge is 0.394 e. The molecular weight excluding hydrogens is 222 g/mol. The number of hydrogen-bond acceptors (Lipinski definition) is 7. The number of nitrogens with one attached hydrogen (secondary N) is 2. The maximum absolute atomic E-state index is 10.4. The summed E-state index contributed by atoms with van der Waals surface area (Å²) in [5.41, 5.74) is 8.94. The van der Waals surface area contributed by atoms with E-state index in [1.807, 2.05) is 5.43 Å². The van der Waals surface area contributed by atoms with Gasteiger partial charge in [-0.05, 0) is 0 Å². The molecule has 16 heavy (non-hydrogen) atoms. The molecule has 0 saturated carbocycles. The SMILES string of the molecule is NC(=O)NN[C@@H]1O[C@H](CO)[C@H](O)[C@H](O)[C@H]1O. The van der Waals surface area contributed by atoms with Gasteiger partial charge in [-0.1, -0.05) is 0 Å². The van der Waals surface area contributed by atoms with Crippen LogP contribution in [0, 0.1) is 0 Å². The first-order valence-corrected chi connectivity index (χ1v) is 4.59. The third-order valence-corrected chi connectivity index (χ3v) is 2.23. The van der Waals surface area contributed by atoms with Gasteiger partial charge in [0.1, 0.15) is 24.4 Å². The molecule has 1 heterocycles. The van der Waals surface area contributed by atoms with Crippen molar-refractivity contribution in [2.45, 2.75) is 30.6 Å². The van der Waals surface area contributed by atoms with Gasteiger partial charge in [0.15, 0.2) is 6.23 Å². The highest BCUT2D eigenvalue weighted by molar-refractivity contribution is 5.70. The van der Waals surface area contributed by atoms with Gasteiger partial charge in [-0.15, -0.1) is 0 Å². The van der Waals surface area contributed by atoms with Gasteiger partial charge in [-0.2, -0.15) is 0 Å². The number of hydrazine groups is 1. The van der Waals surface area contributed by atoms with Crippen LogP contribution >= 0.6 is 0 Å².